The largest absolute Gasteiger partial charge is 0.454 e. The first-order chi connectivity index (χ1) is 39.2. The minimum atomic E-state index is -1.62. The predicted octanol–water partition coefficient (Wildman–Crippen LogP) is 16.8. The second kappa shape index (κ2) is 57.1. The Kier molecular flexibility index (Phi) is 54.0. The van der Waals surface area contributed by atoms with E-state index in [9.17, 15) is 35.1 Å². The summed E-state index contributed by atoms with van der Waals surface area (Å²) in [5.41, 5.74) is 0. The Morgan fingerprint density at radius 3 is 1.31 bits per heavy atom. The van der Waals surface area contributed by atoms with E-state index in [0.29, 0.717) is 19.3 Å². The van der Waals surface area contributed by atoms with Crippen LogP contribution in [0, 0.1) is 0 Å². The number of rotatable bonds is 58. The van der Waals surface area contributed by atoms with Gasteiger partial charge in [-0.3, -0.25) is 9.59 Å². The van der Waals surface area contributed by atoms with E-state index in [2.05, 4.69) is 62.5 Å². The van der Waals surface area contributed by atoms with Crippen molar-refractivity contribution < 1.29 is 49.3 Å². The Labute approximate surface area is 491 Å². The van der Waals surface area contributed by atoms with Crippen LogP contribution in [0.4, 0.5) is 0 Å². The van der Waals surface area contributed by atoms with Gasteiger partial charge in [0.2, 0.25) is 5.91 Å². The molecule has 0 bridgehead atoms. The lowest BCUT2D eigenvalue weighted by Gasteiger charge is -2.41. The van der Waals surface area contributed by atoms with Crippen molar-refractivity contribution in [1.82, 2.24) is 5.32 Å². The number of amides is 1. The lowest BCUT2D eigenvalue weighted by atomic mass is 9.99. The molecule has 0 spiro atoms. The molecule has 1 saturated heterocycles. The number of aliphatic hydroxyl groups is 5. The fourth-order valence-corrected chi connectivity index (χ4v) is 10.6. The summed E-state index contributed by atoms with van der Waals surface area (Å²) in [5, 5.41) is 57.1. The highest BCUT2D eigenvalue weighted by molar-refractivity contribution is 5.80. The molecule has 0 aromatic carbocycles. The average molecular weight is 1130 g/mol. The number of aliphatic hydroxyl groups excluding tert-OH is 5. The van der Waals surface area contributed by atoms with E-state index in [1.165, 1.54) is 186 Å². The number of carbonyl (C=O) groups is 2. The van der Waals surface area contributed by atoms with E-state index in [1.54, 1.807) is 6.08 Å². The zero-order valence-electron chi connectivity index (χ0n) is 52.0. The maximum atomic E-state index is 13.5. The highest BCUT2D eigenvalue weighted by atomic mass is 16.7. The fraction of sp³-hybridized carbons (Fsp3) is 0.855. The minimum absolute atomic E-state index is 0.116. The third-order valence-electron chi connectivity index (χ3n) is 16.0. The van der Waals surface area contributed by atoms with Crippen LogP contribution in [0.1, 0.15) is 316 Å². The molecule has 8 unspecified atom stereocenters. The summed E-state index contributed by atoms with van der Waals surface area (Å²) >= 11 is 0. The Morgan fingerprint density at radius 1 is 0.487 bits per heavy atom. The molecule has 468 valence electrons. The van der Waals surface area contributed by atoms with Crippen molar-refractivity contribution >= 4 is 11.9 Å². The van der Waals surface area contributed by atoms with Gasteiger partial charge in [0.05, 0.1) is 25.4 Å². The number of carbonyl (C=O) groups excluding carboxylic acids is 2. The quantitative estimate of drug-likeness (QED) is 0.0195. The number of unbranched alkanes of at least 4 members (excludes halogenated alkanes) is 38. The number of nitrogens with one attached hydrogen (secondary N) is 1. The molecule has 0 saturated carbocycles. The van der Waals surface area contributed by atoms with Gasteiger partial charge in [-0.05, 0) is 64.2 Å². The van der Waals surface area contributed by atoms with Crippen molar-refractivity contribution in [2.24, 2.45) is 0 Å². The molecule has 0 aliphatic carbocycles. The predicted molar refractivity (Wildman–Crippen MR) is 334 cm³/mol. The topological polar surface area (TPSA) is 175 Å². The maximum absolute atomic E-state index is 13.5. The van der Waals surface area contributed by atoms with Gasteiger partial charge >= 0.3 is 5.97 Å². The average Bonchev–Trinajstić information content (AvgIpc) is 3.45. The third-order valence-corrected chi connectivity index (χ3v) is 16.0. The van der Waals surface area contributed by atoms with Crippen LogP contribution in [0.2, 0.25) is 0 Å². The first kappa shape index (κ1) is 75.6. The van der Waals surface area contributed by atoms with Crippen LogP contribution in [0.3, 0.4) is 0 Å². The number of ether oxygens (including phenoxy) is 3. The molecular formula is C69H127NO10. The Balaban J connectivity index is 2.62. The first-order valence-corrected chi connectivity index (χ1v) is 33.9. The summed E-state index contributed by atoms with van der Waals surface area (Å²) in [4.78, 5) is 26.6. The molecule has 1 aliphatic rings. The Morgan fingerprint density at radius 2 is 0.863 bits per heavy atom. The Bertz CT molecular complexity index is 1490. The fourth-order valence-electron chi connectivity index (χ4n) is 10.6. The summed E-state index contributed by atoms with van der Waals surface area (Å²) in [5.74, 6) is -1.19. The van der Waals surface area contributed by atoms with Gasteiger partial charge in [-0.25, -0.2) is 0 Å². The third kappa shape index (κ3) is 44.2. The van der Waals surface area contributed by atoms with Gasteiger partial charge in [0.15, 0.2) is 12.4 Å². The second-order valence-corrected chi connectivity index (χ2v) is 23.6. The monoisotopic (exact) mass is 1130 g/mol. The molecule has 1 heterocycles. The van der Waals surface area contributed by atoms with Crippen molar-refractivity contribution in [3.63, 3.8) is 0 Å². The molecule has 8 atom stereocenters. The number of allylic oxidation sites excluding steroid dienone is 7. The van der Waals surface area contributed by atoms with Crippen molar-refractivity contribution in [3.05, 3.63) is 48.6 Å². The van der Waals surface area contributed by atoms with E-state index < -0.39 is 67.4 Å². The maximum Gasteiger partial charge on any atom is 0.306 e. The number of esters is 1. The molecular weight excluding hydrogens is 1000 g/mol. The standard InChI is InChI=1S/C69H127NO10/c1-4-7-10-13-16-19-22-25-27-29-31-32-33-35-37-39-42-45-48-51-54-57-64(74)80-67-66(76)65(75)63(58-71)79-69(67)78-59-60(61(72)55-52-49-46-43-40-24-21-18-15-12-9-6-3)70-68(77)62(73)56-53-50-47-44-41-38-36-34-30-28-26-23-20-17-14-11-8-5-2/h16,19,25,27,31-32,52,55,60-63,65-67,69,71-73,75-76H,4-15,17-18,20-24,26,28-30,33-51,53-54,56-59H2,1-3H3,(H,70,77)/b19-16-,27-25-,32-31-,55-52+. The van der Waals surface area contributed by atoms with Crippen LogP contribution in [0.25, 0.3) is 0 Å². The molecule has 11 nitrogen and oxygen atoms in total. The highest BCUT2D eigenvalue weighted by Crippen LogP contribution is 2.26. The van der Waals surface area contributed by atoms with Crippen LogP contribution in [-0.4, -0.2) is 99.6 Å². The van der Waals surface area contributed by atoms with E-state index in [1.807, 2.05) is 6.08 Å². The van der Waals surface area contributed by atoms with Gasteiger partial charge in [0.1, 0.15) is 24.4 Å². The zero-order chi connectivity index (χ0) is 58.2. The van der Waals surface area contributed by atoms with Gasteiger partial charge in [-0.2, -0.15) is 0 Å². The van der Waals surface area contributed by atoms with E-state index in [4.69, 9.17) is 14.2 Å². The van der Waals surface area contributed by atoms with Gasteiger partial charge in [0, 0.05) is 6.42 Å². The highest BCUT2D eigenvalue weighted by Gasteiger charge is 2.47. The van der Waals surface area contributed by atoms with Crippen LogP contribution in [0.15, 0.2) is 48.6 Å². The minimum Gasteiger partial charge on any atom is -0.454 e. The van der Waals surface area contributed by atoms with Crippen molar-refractivity contribution in [2.45, 2.75) is 365 Å². The lowest BCUT2D eigenvalue weighted by Crippen LogP contribution is -2.61. The molecule has 1 amide bonds. The smallest absolute Gasteiger partial charge is 0.306 e. The van der Waals surface area contributed by atoms with Gasteiger partial charge in [-0.15, -0.1) is 0 Å². The van der Waals surface area contributed by atoms with Crippen molar-refractivity contribution in [3.8, 4) is 0 Å². The molecule has 6 N–H and O–H groups in total. The molecule has 80 heavy (non-hydrogen) atoms. The van der Waals surface area contributed by atoms with Crippen LogP contribution >= 0.6 is 0 Å². The molecule has 0 aromatic rings. The van der Waals surface area contributed by atoms with Crippen LogP contribution in [0.5, 0.6) is 0 Å². The lowest BCUT2D eigenvalue weighted by molar-refractivity contribution is -0.305. The van der Waals surface area contributed by atoms with E-state index >= 15 is 0 Å². The second-order valence-electron chi connectivity index (χ2n) is 23.6. The van der Waals surface area contributed by atoms with Gasteiger partial charge in [-0.1, -0.05) is 294 Å². The molecule has 1 fully saturated rings. The van der Waals surface area contributed by atoms with Crippen molar-refractivity contribution in [1.29, 1.82) is 0 Å². The summed E-state index contributed by atoms with van der Waals surface area (Å²) in [6, 6.07) is -1.02. The summed E-state index contributed by atoms with van der Waals surface area (Å²) in [7, 11) is 0. The van der Waals surface area contributed by atoms with E-state index in [0.717, 1.165) is 83.5 Å². The summed E-state index contributed by atoms with van der Waals surface area (Å²) < 4.78 is 17.7. The van der Waals surface area contributed by atoms with Gasteiger partial charge < -0.3 is 45.1 Å². The normalized spacial score (nSPS) is 19.0. The van der Waals surface area contributed by atoms with Crippen molar-refractivity contribution in [2.75, 3.05) is 13.2 Å². The molecule has 1 aliphatic heterocycles. The molecule has 1 rings (SSSR count). The number of hydrogen-bond acceptors (Lipinski definition) is 10. The zero-order valence-corrected chi connectivity index (χ0v) is 52.0. The van der Waals surface area contributed by atoms with Crippen LogP contribution in [-0.2, 0) is 23.8 Å². The molecule has 0 aromatic heterocycles. The van der Waals surface area contributed by atoms with Crippen LogP contribution < -0.4 is 5.32 Å². The molecule has 0 radical (unpaired) electrons. The molecule has 11 heteroatoms. The van der Waals surface area contributed by atoms with E-state index in [-0.39, 0.29) is 13.0 Å². The first-order valence-electron chi connectivity index (χ1n) is 33.9. The summed E-state index contributed by atoms with van der Waals surface area (Å²) in [6.07, 6.45) is 60.0. The summed E-state index contributed by atoms with van der Waals surface area (Å²) in [6.45, 7) is 5.79. The van der Waals surface area contributed by atoms with Gasteiger partial charge in [0.25, 0.3) is 0 Å². The SMILES string of the molecule is CCCCC/C=C\C/C=C\C/C=C\CCCCCCCCCCC(=O)OC1C(OCC(NC(=O)C(O)CCCCCCCCCCCCCCCCCCCC)C(O)/C=C/CCCCCCCCCCCC)OC(CO)C(O)C1O. The number of hydrogen-bond donors (Lipinski definition) is 6. The Hall–Kier alpha value is -2.38.